The molecule has 0 atom stereocenters. The van der Waals surface area contributed by atoms with E-state index >= 15 is 0 Å². The van der Waals surface area contributed by atoms with E-state index < -0.39 is 0 Å². The van der Waals surface area contributed by atoms with E-state index in [1.807, 2.05) is 31.3 Å². The summed E-state index contributed by atoms with van der Waals surface area (Å²) in [6, 6.07) is 7.47. The fourth-order valence-electron chi connectivity index (χ4n) is 1.76. The van der Waals surface area contributed by atoms with Gasteiger partial charge in [0.25, 0.3) is 0 Å². The first-order valence-corrected chi connectivity index (χ1v) is 5.77. The van der Waals surface area contributed by atoms with Crippen LogP contribution in [-0.2, 0) is 7.05 Å². The Balaban J connectivity index is 2.05. The molecule has 0 spiro atoms. The van der Waals surface area contributed by atoms with E-state index in [0.717, 1.165) is 22.5 Å². The Labute approximate surface area is 108 Å². The number of aryl methyl sites for hydroxylation is 1. The van der Waals surface area contributed by atoms with Gasteiger partial charge < -0.3 is 5.32 Å². The molecule has 3 rings (SSSR count). The Bertz CT molecular complexity index is 707. The number of hydrogen-bond donors (Lipinski definition) is 1. The highest BCUT2D eigenvalue weighted by atomic mass is 35.5. The molecule has 0 amide bonds. The van der Waals surface area contributed by atoms with Crippen LogP contribution in [0, 0.1) is 0 Å². The number of aromatic nitrogens is 4. The molecule has 0 aliphatic heterocycles. The molecule has 0 saturated heterocycles. The Kier molecular flexibility index (Phi) is 2.60. The first kappa shape index (κ1) is 11.0. The van der Waals surface area contributed by atoms with Gasteiger partial charge in [0.1, 0.15) is 12.1 Å². The maximum absolute atomic E-state index is 5.94. The van der Waals surface area contributed by atoms with E-state index in [1.54, 1.807) is 10.9 Å². The summed E-state index contributed by atoms with van der Waals surface area (Å²) in [5.74, 6) is 0.718. The average Bonchev–Trinajstić information content (AvgIpc) is 2.73. The summed E-state index contributed by atoms with van der Waals surface area (Å²) in [5.41, 5.74) is 1.67. The SMILES string of the molecule is Cn1ncc2c(Nc3cccc(Cl)c3)ncnc21. The molecule has 0 aliphatic carbocycles. The standard InChI is InChI=1S/C12H10ClN5/c1-18-12-10(6-16-18)11(14-7-15-12)17-9-4-2-3-8(13)5-9/h2-7H,1H3,(H,14,15,17). The van der Waals surface area contributed by atoms with Crippen LogP contribution in [0.4, 0.5) is 11.5 Å². The van der Waals surface area contributed by atoms with Crippen molar-refractivity contribution in [2.24, 2.45) is 7.05 Å². The largest absolute Gasteiger partial charge is 0.339 e. The second-order valence-corrected chi connectivity index (χ2v) is 4.30. The lowest BCUT2D eigenvalue weighted by Crippen LogP contribution is -1.97. The fourth-order valence-corrected chi connectivity index (χ4v) is 1.95. The van der Waals surface area contributed by atoms with Crippen molar-refractivity contribution in [2.45, 2.75) is 0 Å². The maximum atomic E-state index is 5.94. The van der Waals surface area contributed by atoms with Crippen LogP contribution in [0.5, 0.6) is 0 Å². The van der Waals surface area contributed by atoms with Crippen LogP contribution >= 0.6 is 11.6 Å². The zero-order chi connectivity index (χ0) is 12.5. The van der Waals surface area contributed by atoms with Gasteiger partial charge in [-0.3, -0.25) is 4.68 Å². The maximum Gasteiger partial charge on any atom is 0.163 e. The van der Waals surface area contributed by atoms with Gasteiger partial charge in [-0.05, 0) is 18.2 Å². The molecule has 2 aromatic heterocycles. The third kappa shape index (κ3) is 1.89. The van der Waals surface area contributed by atoms with Crippen molar-refractivity contribution in [3.8, 4) is 0 Å². The number of fused-ring (bicyclic) bond motifs is 1. The Morgan fingerprint density at radius 2 is 2.17 bits per heavy atom. The molecule has 18 heavy (non-hydrogen) atoms. The van der Waals surface area contributed by atoms with E-state index in [0.29, 0.717) is 5.02 Å². The van der Waals surface area contributed by atoms with E-state index in [9.17, 15) is 0 Å². The van der Waals surface area contributed by atoms with Crippen LogP contribution in [0.15, 0.2) is 36.8 Å². The number of hydrogen-bond acceptors (Lipinski definition) is 4. The van der Waals surface area contributed by atoms with Crippen LogP contribution < -0.4 is 5.32 Å². The summed E-state index contributed by atoms with van der Waals surface area (Å²) in [5, 5.41) is 8.93. The van der Waals surface area contributed by atoms with E-state index in [2.05, 4.69) is 20.4 Å². The summed E-state index contributed by atoms with van der Waals surface area (Å²) in [7, 11) is 1.85. The third-order valence-electron chi connectivity index (χ3n) is 2.62. The molecule has 0 saturated carbocycles. The Morgan fingerprint density at radius 1 is 1.28 bits per heavy atom. The second kappa shape index (κ2) is 4.27. The summed E-state index contributed by atoms with van der Waals surface area (Å²) >= 11 is 5.94. The molecule has 0 radical (unpaired) electrons. The van der Waals surface area contributed by atoms with Crippen molar-refractivity contribution in [2.75, 3.05) is 5.32 Å². The normalized spacial score (nSPS) is 10.8. The third-order valence-corrected chi connectivity index (χ3v) is 2.85. The highest BCUT2D eigenvalue weighted by molar-refractivity contribution is 6.30. The summed E-state index contributed by atoms with van der Waals surface area (Å²) in [6.07, 6.45) is 3.25. The molecule has 0 bridgehead atoms. The van der Waals surface area contributed by atoms with Crippen LogP contribution in [0.3, 0.4) is 0 Å². The lowest BCUT2D eigenvalue weighted by molar-refractivity contribution is 0.785. The van der Waals surface area contributed by atoms with Crippen molar-refractivity contribution in [3.05, 3.63) is 41.8 Å². The van der Waals surface area contributed by atoms with Crippen molar-refractivity contribution < 1.29 is 0 Å². The van der Waals surface area contributed by atoms with Gasteiger partial charge in [0.15, 0.2) is 5.65 Å². The van der Waals surface area contributed by atoms with E-state index in [1.165, 1.54) is 6.33 Å². The van der Waals surface area contributed by atoms with Gasteiger partial charge in [0.05, 0.1) is 11.6 Å². The van der Waals surface area contributed by atoms with Crippen LogP contribution in [-0.4, -0.2) is 19.7 Å². The lowest BCUT2D eigenvalue weighted by Gasteiger charge is -2.06. The van der Waals surface area contributed by atoms with E-state index in [-0.39, 0.29) is 0 Å². The molecule has 1 aromatic carbocycles. The number of anilines is 2. The molecule has 0 unspecified atom stereocenters. The summed E-state index contributed by atoms with van der Waals surface area (Å²) in [6.45, 7) is 0. The first-order valence-electron chi connectivity index (χ1n) is 5.39. The second-order valence-electron chi connectivity index (χ2n) is 3.86. The zero-order valence-electron chi connectivity index (χ0n) is 9.63. The average molecular weight is 260 g/mol. The topological polar surface area (TPSA) is 55.6 Å². The number of benzene rings is 1. The van der Waals surface area contributed by atoms with Gasteiger partial charge in [0.2, 0.25) is 0 Å². The molecule has 6 heteroatoms. The number of halogens is 1. The fraction of sp³-hybridized carbons (Fsp3) is 0.0833. The van der Waals surface area contributed by atoms with Gasteiger partial charge in [-0.1, -0.05) is 17.7 Å². The molecule has 0 aliphatic rings. The van der Waals surface area contributed by atoms with Crippen LogP contribution in [0.25, 0.3) is 11.0 Å². The molecule has 0 fully saturated rings. The molecule has 1 N–H and O–H groups in total. The predicted molar refractivity (Wildman–Crippen MR) is 71.0 cm³/mol. The minimum atomic E-state index is 0.677. The molecular weight excluding hydrogens is 250 g/mol. The smallest absolute Gasteiger partial charge is 0.163 e. The van der Waals surface area contributed by atoms with Crippen molar-refractivity contribution >= 4 is 34.1 Å². The highest BCUT2D eigenvalue weighted by Gasteiger charge is 2.07. The Morgan fingerprint density at radius 3 is 3.00 bits per heavy atom. The molecule has 5 nitrogen and oxygen atoms in total. The van der Waals surface area contributed by atoms with Crippen LogP contribution in [0.1, 0.15) is 0 Å². The quantitative estimate of drug-likeness (QED) is 0.769. The van der Waals surface area contributed by atoms with E-state index in [4.69, 9.17) is 11.6 Å². The minimum absolute atomic E-state index is 0.677. The van der Waals surface area contributed by atoms with Gasteiger partial charge in [-0.15, -0.1) is 0 Å². The number of rotatable bonds is 2. The summed E-state index contributed by atoms with van der Waals surface area (Å²) in [4.78, 5) is 8.41. The van der Waals surface area contributed by atoms with Gasteiger partial charge >= 0.3 is 0 Å². The number of nitrogens with zero attached hydrogens (tertiary/aromatic N) is 4. The Hall–Kier alpha value is -2.14. The van der Waals surface area contributed by atoms with Crippen molar-refractivity contribution in [1.82, 2.24) is 19.7 Å². The van der Waals surface area contributed by atoms with Gasteiger partial charge in [-0.25, -0.2) is 9.97 Å². The minimum Gasteiger partial charge on any atom is -0.339 e. The zero-order valence-corrected chi connectivity index (χ0v) is 10.4. The predicted octanol–water partition coefficient (Wildman–Crippen LogP) is 2.76. The summed E-state index contributed by atoms with van der Waals surface area (Å²) < 4.78 is 1.71. The highest BCUT2D eigenvalue weighted by Crippen LogP contribution is 2.23. The number of nitrogens with one attached hydrogen (secondary N) is 1. The van der Waals surface area contributed by atoms with Crippen molar-refractivity contribution in [1.29, 1.82) is 0 Å². The van der Waals surface area contributed by atoms with Gasteiger partial charge in [0, 0.05) is 17.8 Å². The van der Waals surface area contributed by atoms with Crippen LogP contribution in [0.2, 0.25) is 5.02 Å². The lowest BCUT2D eigenvalue weighted by atomic mass is 10.3. The molecule has 90 valence electrons. The van der Waals surface area contributed by atoms with Crippen molar-refractivity contribution in [3.63, 3.8) is 0 Å². The first-order chi connectivity index (χ1) is 8.74. The molecular formula is C12H10ClN5. The molecule has 2 heterocycles. The monoisotopic (exact) mass is 259 g/mol. The molecule has 3 aromatic rings. The van der Waals surface area contributed by atoms with Gasteiger partial charge in [-0.2, -0.15) is 5.10 Å².